The number of hydrogen-bond acceptors (Lipinski definition) is 4. The van der Waals surface area contributed by atoms with Gasteiger partial charge in [-0.15, -0.1) is 0 Å². The Bertz CT molecular complexity index is 852. The van der Waals surface area contributed by atoms with Crippen LogP contribution >= 0.6 is 11.6 Å². The summed E-state index contributed by atoms with van der Waals surface area (Å²) in [5, 5.41) is 3.46. The molecule has 1 heterocycles. The van der Waals surface area contributed by atoms with Crippen molar-refractivity contribution < 1.29 is 13.2 Å². The Morgan fingerprint density at radius 2 is 1.76 bits per heavy atom. The van der Waals surface area contributed by atoms with Gasteiger partial charge in [0.1, 0.15) is 0 Å². The smallest absolute Gasteiger partial charge is 0.255 e. The van der Waals surface area contributed by atoms with E-state index in [1.165, 1.54) is 0 Å². The Hall–Kier alpha value is -1.89. The minimum atomic E-state index is -2.87. The number of benzene rings is 2. The molecule has 1 amide bonds. The zero-order valence-electron chi connectivity index (χ0n) is 13.6. The van der Waals surface area contributed by atoms with Gasteiger partial charge in [-0.05, 0) is 42.0 Å². The molecule has 0 aromatic heterocycles. The number of carbonyl (C=O) groups is 1. The van der Waals surface area contributed by atoms with E-state index in [0.717, 1.165) is 5.56 Å². The van der Waals surface area contributed by atoms with Crippen molar-refractivity contribution >= 4 is 33.0 Å². The molecule has 1 fully saturated rings. The molecule has 0 saturated carbocycles. The van der Waals surface area contributed by atoms with E-state index in [-0.39, 0.29) is 17.4 Å². The Kier molecular flexibility index (Phi) is 5.42. The first-order chi connectivity index (χ1) is 11.9. The average Bonchev–Trinajstić information content (AvgIpc) is 2.58. The number of amides is 1. The summed E-state index contributed by atoms with van der Waals surface area (Å²) in [6.07, 6.45) is 0. The molecule has 2 aromatic rings. The van der Waals surface area contributed by atoms with Crippen molar-refractivity contribution in [2.24, 2.45) is 0 Å². The SMILES string of the molecule is O=C(Nc1cccc(CN2CCS(=O)(=O)CC2)c1)c1ccc(Cl)cc1. The van der Waals surface area contributed by atoms with Gasteiger partial charge in [-0.2, -0.15) is 0 Å². The van der Waals surface area contributed by atoms with Crippen molar-refractivity contribution in [3.05, 3.63) is 64.7 Å². The van der Waals surface area contributed by atoms with Gasteiger partial charge < -0.3 is 5.32 Å². The minimum Gasteiger partial charge on any atom is -0.322 e. The van der Waals surface area contributed by atoms with Crippen molar-refractivity contribution in [3.8, 4) is 0 Å². The summed E-state index contributed by atoms with van der Waals surface area (Å²) in [6.45, 7) is 1.76. The van der Waals surface area contributed by atoms with E-state index in [4.69, 9.17) is 11.6 Å². The highest BCUT2D eigenvalue weighted by Gasteiger charge is 2.21. The highest BCUT2D eigenvalue weighted by molar-refractivity contribution is 7.91. The number of halogens is 1. The topological polar surface area (TPSA) is 66.5 Å². The van der Waals surface area contributed by atoms with E-state index in [0.29, 0.717) is 35.9 Å². The highest BCUT2D eigenvalue weighted by Crippen LogP contribution is 2.16. The Morgan fingerprint density at radius 1 is 1.08 bits per heavy atom. The third-order valence-electron chi connectivity index (χ3n) is 4.13. The fourth-order valence-corrected chi connectivity index (χ4v) is 4.12. The maximum atomic E-state index is 12.3. The lowest BCUT2D eigenvalue weighted by molar-refractivity contribution is 0.102. The molecule has 1 aliphatic rings. The Labute approximate surface area is 152 Å². The van der Waals surface area contributed by atoms with Crippen LogP contribution in [-0.2, 0) is 16.4 Å². The minimum absolute atomic E-state index is 0.196. The lowest BCUT2D eigenvalue weighted by atomic mass is 10.1. The van der Waals surface area contributed by atoms with E-state index in [1.807, 2.05) is 24.3 Å². The highest BCUT2D eigenvalue weighted by atomic mass is 35.5. The van der Waals surface area contributed by atoms with Gasteiger partial charge >= 0.3 is 0 Å². The maximum absolute atomic E-state index is 12.3. The van der Waals surface area contributed by atoms with Crippen LogP contribution in [0.4, 0.5) is 5.69 Å². The van der Waals surface area contributed by atoms with Crippen LogP contribution in [0.1, 0.15) is 15.9 Å². The molecule has 2 aromatic carbocycles. The molecular weight excluding hydrogens is 360 g/mol. The number of nitrogens with zero attached hydrogens (tertiary/aromatic N) is 1. The molecule has 0 bridgehead atoms. The zero-order chi connectivity index (χ0) is 17.9. The third kappa shape index (κ3) is 5.04. The molecule has 0 radical (unpaired) electrons. The quantitative estimate of drug-likeness (QED) is 0.888. The number of rotatable bonds is 4. The van der Waals surface area contributed by atoms with Gasteiger partial charge in [0.2, 0.25) is 0 Å². The van der Waals surface area contributed by atoms with Crippen LogP contribution in [0.25, 0.3) is 0 Å². The maximum Gasteiger partial charge on any atom is 0.255 e. The summed E-state index contributed by atoms with van der Waals surface area (Å²) in [4.78, 5) is 14.4. The predicted molar refractivity (Wildman–Crippen MR) is 99.8 cm³/mol. The average molecular weight is 379 g/mol. The molecule has 132 valence electrons. The Balaban J connectivity index is 1.63. The van der Waals surface area contributed by atoms with Crippen molar-refractivity contribution in [2.75, 3.05) is 29.9 Å². The Morgan fingerprint density at radius 3 is 2.44 bits per heavy atom. The van der Waals surface area contributed by atoms with Gasteiger partial charge in [-0.3, -0.25) is 9.69 Å². The fourth-order valence-electron chi connectivity index (χ4n) is 2.72. The van der Waals surface area contributed by atoms with Gasteiger partial charge in [-0.25, -0.2) is 8.42 Å². The molecule has 0 unspecified atom stereocenters. The predicted octanol–water partition coefficient (Wildman–Crippen LogP) is 2.82. The number of sulfone groups is 1. The summed E-state index contributed by atoms with van der Waals surface area (Å²) in [7, 11) is -2.87. The lowest BCUT2D eigenvalue weighted by Gasteiger charge is -2.26. The molecule has 1 N–H and O–H groups in total. The van der Waals surface area contributed by atoms with Crippen molar-refractivity contribution in [2.45, 2.75) is 6.54 Å². The number of carbonyl (C=O) groups excluding carboxylic acids is 1. The summed E-state index contributed by atoms with van der Waals surface area (Å²) in [5.41, 5.74) is 2.28. The molecule has 3 rings (SSSR count). The van der Waals surface area contributed by atoms with Crippen LogP contribution in [0.3, 0.4) is 0 Å². The van der Waals surface area contributed by atoms with Crippen LogP contribution in [0.15, 0.2) is 48.5 Å². The first-order valence-electron chi connectivity index (χ1n) is 8.00. The molecular formula is C18H19ClN2O3S. The van der Waals surface area contributed by atoms with Crippen molar-refractivity contribution in [3.63, 3.8) is 0 Å². The van der Waals surface area contributed by atoms with E-state index in [2.05, 4.69) is 10.2 Å². The third-order valence-corrected chi connectivity index (χ3v) is 6.00. The van der Waals surface area contributed by atoms with E-state index in [1.54, 1.807) is 24.3 Å². The van der Waals surface area contributed by atoms with Gasteiger partial charge in [0, 0.05) is 35.9 Å². The van der Waals surface area contributed by atoms with Crippen LogP contribution < -0.4 is 5.32 Å². The second-order valence-electron chi connectivity index (χ2n) is 6.09. The van der Waals surface area contributed by atoms with Gasteiger partial charge in [-0.1, -0.05) is 23.7 Å². The molecule has 1 saturated heterocycles. The molecule has 5 nitrogen and oxygen atoms in total. The van der Waals surface area contributed by atoms with Gasteiger partial charge in [0.15, 0.2) is 9.84 Å². The summed E-state index contributed by atoms with van der Waals surface area (Å²) < 4.78 is 23.0. The van der Waals surface area contributed by atoms with Crippen LogP contribution in [0, 0.1) is 0 Å². The zero-order valence-corrected chi connectivity index (χ0v) is 15.2. The first-order valence-corrected chi connectivity index (χ1v) is 10.2. The summed E-state index contributed by atoms with van der Waals surface area (Å²) in [6, 6.07) is 14.3. The molecule has 0 aliphatic carbocycles. The number of anilines is 1. The van der Waals surface area contributed by atoms with E-state index >= 15 is 0 Å². The largest absolute Gasteiger partial charge is 0.322 e. The lowest BCUT2D eigenvalue weighted by Crippen LogP contribution is -2.39. The molecule has 1 aliphatic heterocycles. The first kappa shape index (κ1) is 17.9. The van der Waals surface area contributed by atoms with Crippen molar-refractivity contribution in [1.82, 2.24) is 4.90 Å². The molecule has 7 heteroatoms. The standard InChI is InChI=1S/C18H19ClN2O3S/c19-16-6-4-15(5-7-16)18(22)20-17-3-1-2-14(12-17)13-21-8-10-25(23,24)11-9-21/h1-7,12H,8-11,13H2,(H,20,22). The molecule has 0 atom stereocenters. The normalized spacial score (nSPS) is 17.2. The van der Waals surface area contributed by atoms with E-state index in [9.17, 15) is 13.2 Å². The summed E-state index contributed by atoms with van der Waals surface area (Å²) in [5.74, 6) is 0.220. The molecule has 0 spiro atoms. The second-order valence-corrected chi connectivity index (χ2v) is 8.83. The molecule has 25 heavy (non-hydrogen) atoms. The fraction of sp³-hybridized carbons (Fsp3) is 0.278. The van der Waals surface area contributed by atoms with Gasteiger partial charge in [0.25, 0.3) is 5.91 Å². The van der Waals surface area contributed by atoms with Crippen LogP contribution in [0.2, 0.25) is 5.02 Å². The number of nitrogens with one attached hydrogen (secondary N) is 1. The van der Waals surface area contributed by atoms with Gasteiger partial charge in [0.05, 0.1) is 11.5 Å². The monoisotopic (exact) mass is 378 g/mol. The van der Waals surface area contributed by atoms with Crippen LogP contribution in [-0.4, -0.2) is 43.8 Å². The van der Waals surface area contributed by atoms with E-state index < -0.39 is 9.84 Å². The second kappa shape index (κ2) is 7.56. The van der Waals surface area contributed by atoms with Crippen LogP contribution in [0.5, 0.6) is 0 Å². The summed E-state index contributed by atoms with van der Waals surface area (Å²) >= 11 is 5.83. The van der Waals surface area contributed by atoms with Crippen molar-refractivity contribution in [1.29, 1.82) is 0 Å². The number of hydrogen-bond donors (Lipinski definition) is 1.